The molecule has 0 aliphatic heterocycles. The molecule has 0 bridgehead atoms. The van der Waals surface area contributed by atoms with E-state index in [0.29, 0.717) is 12.1 Å². The number of hydrogen-bond donors (Lipinski definition) is 1. The SMILES string of the molecule is Cl.Cl.NC1CC(Oc2cccnc2)C1. The van der Waals surface area contributed by atoms with Gasteiger partial charge in [-0.25, -0.2) is 0 Å². The van der Waals surface area contributed by atoms with Crippen LogP contribution >= 0.6 is 24.8 Å². The van der Waals surface area contributed by atoms with Crippen molar-refractivity contribution in [1.82, 2.24) is 4.98 Å². The lowest BCUT2D eigenvalue weighted by Crippen LogP contribution is -2.43. The van der Waals surface area contributed by atoms with Gasteiger partial charge in [0.2, 0.25) is 0 Å². The van der Waals surface area contributed by atoms with Crippen LogP contribution < -0.4 is 10.5 Å². The van der Waals surface area contributed by atoms with Crippen LogP contribution in [0.2, 0.25) is 0 Å². The maximum atomic E-state index is 5.63. The first-order valence-electron chi connectivity index (χ1n) is 4.17. The molecule has 1 aromatic rings. The molecule has 0 radical (unpaired) electrons. The van der Waals surface area contributed by atoms with E-state index in [0.717, 1.165) is 18.6 Å². The highest BCUT2D eigenvalue weighted by atomic mass is 35.5. The van der Waals surface area contributed by atoms with Crippen LogP contribution in [-0.4, -0.2) is 17.1 Å². The number of nitrogens with zero attached hydrogens (tertiary/aromatic N) is 1. The molecule has 1 aliphatic carbocycles. The Morgan fingerprint density at radius 3 is 2.57 bits per heavy atom. The van der Waals surface area contributed by atoms with E-state index < -0.39 is 0 Å². The second-order valence-electron chi connectivity index (χ2n) is 3.16. The fraction of sp³-hybridized carbons (Fsp3) is 0.444. The highest BCUT2D eigenvalue weighted by molar-refractivity contribution is 5.85. The van der Waals surface area contributed by atoms with Crippen molar-refractivity contribution < 1.29 is 4.74 Å². The predicted octanol–water partition coefficient (Wildman–Crippen LogP) is 1.79. The summed E-state index contributed by atoms with van der Waals surface area (Å²) in [5, 5.41) is 0. The van der Waals surface area contributed by atoms with E-state index >= 15 is 0 Å². The molecule has 0 spiro atoms. The number of ether oxygens (including phenoxy) is 1. The maximum Gasteiger partial charge on any atom is 0.137 e. The second-order valence-corrected chi connectivity index (χ2v) is 3.16. The molecule has 80 valence electrons. The van der Waals surface area contributed by atoms with Crippen LogP contribution in [0.25, 0.3) is 0 Å². The van der Waals surface area contributed by atoms with E-state index in [1.165, 1.54) is 0 Å². The summed E-state index contributed by atoms with van der Waals surface area (Å²) in [4.78, 5) is 3.96. The van der Waals surface area contributed by atoms with Gasteiger partial charge in [0.05, 0.1) is 6.20 Å². The number of halogens is 2. The van der Waals surface area contributed by atoms with Crippen LogP contribution in [0.4, 0.5) is 0 Å². The Bertz CT molecular complexity index is 252. The van der Waals surface area contributed by atoms with Crippen LogP contribution in [0.3, 0.4) is 0 Å². The zero-order valence-electron chi connectivity index (χ0n) is 7.63. The summed E-state index contributed by atoms with van der Waals surface area (Å²) in [5.41, 5.74) is 5.63. The summed E-state index contributed by atoms with van der Waals surface area (Å²) in [7, 11) is 0. The van der Waals surface area contributed by atoms with E-state index in [4.69, 9.17) is 10.5 Å². The van der Waals surface area contributed by atoms with Crippen molar-refractivity contribution in [3.63, 3.8) is 0 Å². The quantitative estimate of drug-likeness (QED) is 0.853. The Kier molecular flexibility index (Phi) is 5.84. The van der Waals surface area contributed by atoms with Crippen LogP contribution in [0.1, 0.15) is 12.8 Å². The number of rotatable bonds is 2. The number of pyridine rings is 1. The molecule has 14 heavy (non-hydrogen) atoms. The highest BCUT2D eigenvalue weighted by Gasteiger charge is 2.27. The molecule has 0 aromatic carbocycles. The van der Waals surface area contributed by atoms with Gasteiger partial charge in [0.15, 0.2) is 0 Å². The van der Waals surface area contributed by atoms with Crippen molar-refractivity contribution in [3.05, 3.63) is 24.5 Å². The summed E-state index contributed by atoms with van der Waals surface area (Å²) < 4.78 is 5.58. The average Bonchev–Trinajstić information content (AvgIpc) is 2.04. The predicted molar refractivity (Wildman–Crippen MR) is 60.4 cm³/mol. The lowest BCUT2D eigenvalue weighted by molar-refractivity contribution is 0.100. The standard InChI is InChI=1S/C9H12N2O.2ClH/c10-7-4-9(5-7)12-8-2-1-3-11-6-8;;/h1-3,6-7,9H,4-5,10H2;2*1H. The molecule has 3 nitrogen and oxygen atoms in total. The Hall–Kier alpha value is -0.510. The molecule has 5 heteroatoms. The van der Waals surface area contributed by atoms with Gasteiger partial charge >= 0.3 is 0 Å². The molecule has 1 aromatic heterocycles. The maximum absolute atomic E-state index is 5.63. The molecule has 1 saturated carbocycles. The molecule has 0 atom stereocenters. The molecule has 2 N–H and O–H groups in total. The van der Waals surface area contributed by atoms with Crippen LogP contribution in [0, 0.1) is 0 Å². The fourth-order valence-electron chi connectivity index (χ4n) is 1.31. The lowest BCUT2D eigenvalue weighted by Gasteiger charge is -2.32. The van der Waals surface area contributed by atoms with Crippen molar-refractivity contribution in [2.75, 3.05) is 0 Å². The molecule has 0 amide bonds. The summed E-state index contributed by atoms with van der Waals surface area (Å²) in [6, 6.07) is 4.12. The fourth-order valence-corrected chi connectivity index (χ4v) is 1.31. The van der Waals surface area contributed by atoms with Crippen molar-refractivity contribution in [1.29, 1.82) is 0 Å². The minimum absolute atomic E-state index is 0. The molecular formula is C9H14Cl2N2O. The largest absolute Gasteiger partial charge is 0.489 e. The first-order chi connectivity index (χ1) is 5.84. The monoisotopic (exact) mass is 236 g/mol. The first-order valence-corrected chi connectivity index (χ1v) is 4.17. The number of nitrogens with two attached hydrogens (primary N) is 1. The van der Waals surface area contributed by atoms with Gasteiger partial charge in [-0.1, -0.05) is 0 Å². The van der Waals surface area contributed by atoms with E-state index in [2.05, 4.69) is 4.98 Å². The zero-order chi connectivity index (χ0) is 8.39. The Morgan fingerprint density at radius 1 is 1.36 bits per heavy atom. The van der Waals surface area contributed by atoms with Gasteiger partial charge in [-0.15, -0.1) is 24.8 Å². The van der Waals surface area contributed by atoms with Crippen molar-refractivity contribution >= 4 is 24.8 Å². The third kappa shape index (κ3) is 3.33. The normalized spacial score (nSPS) is 23.8. The van der Waals surface area contributed by atoms with Crippen LogP contribution in [0.15, 0.2) is 24.5 Å². The molecule has 0 saturated heterocycles. The smallest absolute Gasteiger partial charge is 0.137 e. The minimum atomic E-state index is 0. The zero-order valence-corrected chi connectivity index (χ0v) is 9.26. The number of aromatic nitrogens is 1. The van der Waals surface area contributed by atoms with Crippen LogP contribution in [-0.2, 0) is 0 Å². The third-order valence-corrected chi connectivity index (χ3v) is 2.07. The molecule has 0 unspecified atom stereocenters. The Labute approximate surface area is 95.9 Å². The Balaban J connectivity index is 0.000000845. The minimum Gasteiger partial charge on any atom is -0.489 e. The van der Waals surface area contributed by atoms with E-state index in [9.17, 15) is 0 Å². The van der Waals surface area contributed by atoms with Gasteiger partial charge in [0.25, 0.3) is 0 Å². The van der Waals surface area contributed by atoms with Crippen molar-refractivity contribution in [2.24, 2.45) is 5.73 Å². The third-order valence-electron chi connectivity index (χ3n) is 2.07. The molecule has 1 aliphatic rings. The van der Waals surface area contributed by atoms with Gasteiger partial charge < -0.3 is 10.5 Å². The van der Waals surface area contributed by atoms with E-state index in [1.807, 2.05) is 12.1 Å². The van der Waals surface area contributed by atoms with Crippen molar-refractivity contribution in [2.45, 2.75) is 25.0 Å². The first kappa shape index (κ1) is 13.5. The average molecular weight is 237 g/mol. The summed E-state index contributed by atoms with van der Waals surface area (Å²) >= 11 is 0. The topological polar surface area (TPSA) is 48.1 Å². The second kappa shape index (κ2) is 6.06. The summed E-state index contributed by atoms with van der Waals surface area (Å²) in [5.74, 6) is 0.842. The number of hydrogen-bond acceptors (Lipinski definition) is 3. The lowest BCUT2D eigenvalue weighted by atomic mass is 9.90. The summed E-state index contributed by atoms with van der Waals surface area (Å²) in [6.07, 6.45) is 5.71. The van der Waals surface area contributed by atoms with Crippen LogP contribution in [0.5, 0.6) is 5.75 Å². The van der Waals surface area contributed by atoms with Gasteiger partial charge in [-0.2, -0.15) is 0 Å². The van der Waals surface area contributed by atoms with E-state index in [-0.39, 0.29) is 24.8 Å². The van der Waals surface area contributed by atoms with Gasteiger partial charge in [0.1, 0.15) is 11.9 Å². The van der Waals surface area contributed by atoms with Gasteiger partial charge in [-0.3, -0.25) is 4.98 Å². The van der Waals surface area contributed by atoms with E-state index in [1.54, 1.807) is 12.4 Å². The molecule has 2 rings (SSSR count). The summed E-state index contributed by atoms with van der Waals surface area (Å²) in [6.45, 7) is 0. The Morgan fingerprint density at radius 2 is 2.07 bits per heavy atom. The molecular weight excluding hydrogens is 223 g/mol. The van der Waals surface area contributed by atoms with Crippen molar-refractivity contribution in [3.8, 4) is 5.75 Å². The molecule has 1 fully saturated rings. The highest BCUT2D eigenvalue weighted by Crippen LogP contribution is 2.23. The molecule has 1 heterocycles. The van der Waals surface area contributed by atoms with Gasteiger partial charge in [0, 0.05) is 12.2 Å². The van der Waals surface area contributed by atoms with Gasteiger partial charge in [-0.05, 0) is 25.0 Å².